The van der Waals surface area contributed by atoms with E-state index in [1.165, 1.54) is 0 Å². The summed E-state index contributed by atoms with van der Waals surface area (Å²) in [7, 11) is 0. The summed E-state index contributed by atoms with van der Waals surface area (Å²) < 4.78 is 0. The average molecular weight is 236 g/mol. The van der Waals surface area contributed by atoms with Crippen molar-refractivity contribution in [2.75, 3.05) is 19.6 Å². The zero-order chi connectivity index (χ0) is 12.1. The van der Waals surface area contributed by atoms with Crippen LogP contribution in [0.2, 0.25) is 0 Å². The second-order valence-corrected chi connectivity index (χ2v) is 4.83. The summed E-state index contributed by atoms with van der Waals surface area (Å²) in [6.45, 7) is 1.86. The quantitative estimate of drug-likeness (QED) is 0.743. The van der Waals surface area contributed by atoms with E-state index in [1.54, 1.807) is 0 Å². The van der Waals surface area contributed by atoms with Crippen LogP contribution in [0.25, 0.3) is 0 Å². The van der Waals surface area contributed by atoms with Crippen LogP contribution >= 0.6 is 0 Å². The molecule has 0 bridgehead atoms. The van der Waals surface area contributed by atoms with Crippen molar-refractivity contribution in [2.45, 2.75) is 32.1 Å². The van der Waals surface area contributed by atoms with Crippen molar-refractivity contribution in [3.8, 4) is 0 Å². The predicted molar refractivity (Wildman–Crippen MR) is 65.3 cm³/mol. The summed E-state index contributed by atoms with van der Waals surface area (Å²) in [5.74, 6) is 0.420. The van der Waals surface area contributed by atoms with Crippen molar-refractivity contribution in [2.24, 2.45) is 5.92 Å². The molecule has 1 N–H and O–H groups in total. The van der Waals surface area contributed by atoms with Crippen LogP contribution in [0.5, 0.6) is 0 Å². The maximum absolute atomic E-state index is 11.7. The van der Waals surface area contributed by atoms with E-state index in [1.807, 2.05) is 4.90 Å². The first-order valence-corrected chi connectivity index (χ1v) is 6.47. The molecule has 1 unspecified atom stereocenters. The molecular weight excluding hydrogens is 216 g/mol. The number of rotatable bonds is 4. The molecule has 1 atom stereocenters. The van der Waals surface area contributed by atoms with Crippen LogP contribution in [-0.2, 0) is 9.59 Å². The number of nitrogens with one attached hydrogen (secondary N) is 1. The molecule has 0 radical (unpaired) electrons. The first-order chi connectivity index (χ1) is 8.25. The lowest BCUT2D eigenvalue weighted by Gasteiger charge is -2.15. The highest BCUT2D eigenvalue weighted by molar-refractivity contribution is 5.85. The maximum atomic E-state index is 11.7. The largest absolute Gasteiger partial charge is 0.347 e. The van der Waals surface area contributed by atoms with Crippen LogP contribution in [0, 0.1) is 5.92 Å². The van der Waals surface area contributed by atoms with Gasteiger partial charge in [0, 0.05) is 19.5 Å². The normalized spacial score (nSPS) is 23.1. The van der Waals surface area contributed by atoms with Gasteiger partial charge in [0.1, 0.15) is 0 Å². The molecule has 1 aliphatic carbocycles. The third-order valence-corrected chi connectivity index (χ3v) is 3.46. The van der Waals surface area contributed by atoms with Gasteiger partial charge in [-0.15, -0.1) is 0 Å². The average Bonchev–Trinajstić information content (AvgIpc) is 2.97. The number of carbonyl (C=O) groups is 2. The van der Waals surface area contributed by atoms with Gasteiger partial charge >= 0.3 is 0 Å². The number of likely N-dealkylation sites (tertiary alicyclic amines) is 1. The molecule has 1 aliphatic heterocycles. The number of nitrogens with zero attached hydrogens (tertiary/aromatic N) is 1. The Hall–Kier alpha value is -1.32. The molecule has 0 aromatic rings. The van der Waals surface area contributed by atoms with Crippen LogP contribution in [0.1, 0.15) is 32.1 Å². The summed E-state index contributed by atoms with van der Waals surface area (Å²) in [4.78, 5) is 25.1. The molecule has 0 aromatic carbocycles. The Balaban J connectivity index is 1.64. The summed E-state index contributed by atoms with van der Waals surface area (Å²) in [5, 5.41) is 2.72. The molecule has 4 heteroatoms. The van der Waals surface area contributed by atoms with Crippen molar-refractivity contribution in [3.63, 3.8) is 0 Å². The highest BCUT2D eigenvalue weighted by atomic mass is 16.2. The zero-order valence-corrected chi connectivity index (χ0v) is 10.2. The van der Waals surface area contributed by atoms with E-state index in [2.05, 4.69) is 17.5 Å². The third-order valence-electron chi connectivity index (χ3n) is 3.46. The first-order valence-electron chi connectivity index (χ1n) is 6.47. The lowest BCUT2D eigenvalue weighted by Crippen LogP contribution is -2.38. The molecular formula is C13H20N2O2. The van der Waals surface area contributed by atoms with Crippen molar-refractivity contribution in [1.29, 1.82) is 0 Å². The van der Waals surface area contributed by atoms with E-state index in [4.69, 9.17) is 0 Å². The summed E-state index contributed by atoms with van der Waals surface area (Å²) in [5.41, 5.74) is 0. The molecule has 4 nitrogen and oxygen atoms in total. The lowest BCUT2D eigenvalue weighted by molar-refractivity contribution is -0.132. The van der Waals surface area contributed by atoms with Crippen LogP contribution in [0.15, 0.2) is 12.2 Å². The van der Waals surface area contributed by atoms with E-state index >= 15 is 0 Å². The first kappa shape index (κ1) is 12.1. The molecule has 17 heavy (non-hydrogen) atoms. The van der Waals surface area contributed by atoms with Crippen molar-refractivity contribution in [3.05, 3.63) is 12.2 Å². The molecule has 2 rings (SSSR count). The van der Waals surface area contributed by atoms with E-state index in [-0.39, 0.29) is 18.4 Å². The van der Waals surface area contributed by atoms with Gasteiger partial charge in [-0.05, 0) is 31.6 Å². The standard InChI is InChI=1S/C13H20N2O2/c16-12(9-11-5-1-2-6-11)14-10-13(17)15-7-3-4-8-15/h1,5,11H,2-4,6-10H2,(H,14,16). The van der Waals surface area contributed by atoms with E-state index in [9.17, 15) is 9.59 Å². The fourth-order valence-electron chi connectivity index (χ4n) is 2.43. The highest BCUT2D eigenvalue weighted by Crippen LogP contribution is 2.19. The Bertz CT molecular complexity index is 319. The van der Waals surface area contributed by atoms with Gasteiger partial charge in [-0.25, -0.2) is 0 Å². The van der Waals surface area contributed by atoms with Gasteiger partial charge in [0.15, 0.2) is 0 Å². The Morgan fingerprint density at radius 2 is 2.06 bits per heavy atom. The fraction of sp³-hybridized carbons (Fsp3) is 0.692. The van der Waals surface area contributed by atoms with Gasteiger partial charge in [-0.2, -0.15) is 0 Å². The minimum atomic E-state index is -0.00547. The molecule has 0 aromatic heterocycles. The van der Waals surface area contributed by atoms with Crippen LogP contribution < -0.4 is 5.32 Å². The van der Waals surface area contributed by atoms with E-state index < -0.39 is 0 Å². The number of amides is 2. The molecule has 1 saturated heterocycles. The number of allylic oxidation sites excluding steroid dienone is 2. The molecule has 0 saturated carbocycles. The van der Waals surface area contributed by atoms with Crippen molar-refractivity contribution >= 4 is 11.8 Å². The second kappa shape index (κ2) is 5.84. The molecule has 1 heterocycles. The Kier molecular flexibility index (Phi) is 4.18. The third kappa shape index (κ3) is 3.58. The lowest BCUT2D eigenvalue weighted by atomic mass is 10.1. The van der Waals surface area contributed by atoms with Gasteiger partial charge in [-0.1, -0.05) is 12.2 Å². The Labute approximate surface area is 102 Å². The minimum Gasteiger partial charge on any atom is -0.347 e. The van der Waals surface area contributed by atoms with Gasteiger partial charge in [0.2, 0.25) is 11.8 Å². The van der Waals surface area contributed by atoms with Crippen LogP contribution in [-0.4, -0.2) is 36.3 Å². The van der Waals surface area contributed by atoms with Crippen molar-refractivity contribution in [1.82, 2.24) is 10.2 Å². The Morgan fingerprint density at radius 3 is 2.71 bits per heavy atom. The predicted octanol–water partition coefficient (Wildman–Crippen LogP) is 1.08. The summed E-state index contributed by atoms with van der Waals surface area (Å²) in [6, 6.07) is 0. The molecule has 2 aliphatic rings. The molecule has 2 amide bonds. The number of carbonyl (C=O) groups excluding carboxylic acids is 2. The van der Waals surface area contributed by atoms with Gasteiger partial charge in [0.25, 0.3) is 0 Å². The van der Waals surface area contributed by atoms with Gasteiger partial charge in [0.05, 0.1) is 6.54 Å². The second-order valence-electron chi connectivity index (χ2n) is 4.83. The SMILES string of the molecule is O=C(CC1C=CCC1)NCC(=O)N1CCCC1. The summed E-state index contributed by atoms with van der Waals surface area (Å²) >= 11 is 0. The zero-order valence-electron chi connectivity index (χ0n) is 10.2. The van der Waals surface area contributed by atoms with Gasteiger partial charge in [-0.3, -0.25) is 9.59 Å². The highest BCUT2D eigenvalue weighted by Gasteiger charge is 2.19. The van der Waals surface area contributed by atoms with Crippen LogP contribution in [0.3, 0.4) is 0 Å². The van der Waals surface area contributed by atoms with Crippen LogP contribution in [0.4, 0.5) is 0 Å². The maximum Gasteiger partial charge on any atom is 0.241 e. The molecule has 94 valence electrons. The minimum absolute atomic E-state index is 0.00547. The van der Waals surface area contributed by atoms with E-state index in [0.29, 0.717) is 12.3 Å². The molecule has 1 fully saturated rings. The Morgan fingerprint density at radius 1 is 1.29 bits per heavy atom. The van der Waals surface area contributed by atoms with Gasteiger partial charge < -0.3 is 10.2 Å². The monoisotopic (exact) mass is 236 g/mol. The fourth-order valence-corrected chi connectivity index (χ4v) is 2.43. The number of hydrogen-bond acceptors (Lipinski definition) is 2. The smallest absolute Gasteiger partial charge is 0.241 e. The topological polar surface area (TPSA) is 49.4 Å². The van der Waals surface area contributed by atoms with Crippen molar-refractivity contribution < 1.29 is 9.59 Å². The molecule has 0 spiro atoms. The van der Waals surface area contributed by atoms with E-state index in [0.717, 1.165) is 38.8 Å². The summed E-state index contributed by atoms with van der Waals surface area (Å²) in [6.07, 6.45) is 9.05. The number of hydrogen-bond donors (Lipinski definition) is 1.